The highest BCUT2D eigenvalue weighted by atomic mass is 16.4. The normalized spacial score (nSPS) is 10.3. The molecular formula is C17H25NO3. The summed E-state index contributed by atoms with van der Waals surface area (Å²) in [6.45, 7) is 2.77. The van der Waals surface area contributed by atoms with E-state index in [0.29, 0.717) is 19.4 Å². The number of carbonyl (C=O) groups is 2. The molecule has 21 heavy (non-hydrogen) atoms. The van der Waals surface area contributed by atoms with E-state index in [9.17, 15) is 9.59 Å². The van der Waals surface area contributed by atoms with Crippen LogP contribution in [0.4, 0.5) is 0 Å². The molecular weight excluding hydrogens is 266 g/mol. The second kappa shape index (κ2) is 9.97. The molecule has 0 aliphatic rings. The van der Waals surface area contributed by atoms with Crippen LogP contribution >= 0.6 is 0 Å². The van der Waals surface area contributed by atoms with Crippen LogP contribution in [0, 0.1) is 0 Å². The molecule has 0 atom stereocenters. The maximum atomic E-state index is 11.8. The SMILES string of the molecule is CCc1cccc(CC(=O)NCCCCCCC(=O)O)c1. The summed E-state index contributed by atoms with van der Waals surface area (Å²) < 4.78 is 0. The van der Waals surface area contributed by atoms with E-state index >= 15 is 0 Å². The van der Waals surface area contributed by atoms with Gasteiger partial charge in [-0.1, -0.05) is 44.0 Å². The molecule has 0 spiro atoms. The third kappa shape index (κ3) is 8.12. The molecule has 1 aromatic rings. The lowest BCUT2D eigenvalue weighted by molar-refractivity contribution is -0.137. The number of rotatable bonds is 10. The predicted octanol–water partition coefficient (Wildman–Crippen LogP) is 2.94. The number of hydrogen-bond donors (Lipinski definition) is 2. The molecule has 0 unspecified atom stereocenters. The van der Waals surface area contributed by atoms with Crippen LogP contribution < -0.4 is 5.32 Å². The van der Waals surface area contributed by atoms with Crippen LogP contribution in [0.1, 0.15) is 50.2 Å². The van der Waals surface area contributed by atoms with Gasteiger partial charge in [0.05, 0.1) is 6.42 Å². The van der Waals surface area contributed by atoms with Gasteiger partial charge in [0.1, 0.15) is 0 Å². The van der Waals surface area contributed by atoms with Crippen molar-refractivity contribution in [3.63, 3.8) is 0 Å². The summed E-state index contributed by atoms with van der Waals surface area (Å²) in [5.41, 5.74) is 2.30. The standard InChI is InChI=1S/C17H25NO3/c1-2-14-8-7-9-15(12-14)13-16(19)18-11-6-4-3-5-10-17(20)21/h7-9,12H,2-6,10-11,13H2,1H3,(H,18,19)(H,20,21). The van der Waals surface area contributed by atoms with Crippen LogP contribution in [0.15, 0.2) is 24.3 Å². The lowest BCUT2D eigenvalue weighted by atomic mass is 10.1. The number of hydrogen-bond acceptors (Lipinski definition) is 2. The van der Waals surface area contributed by atoms with E-state index in [2.05, 4.69) is 24.4 Å². The molecule has 4 nitrogen and oxygen atoms in total. The van der Waals surface area contributed by atoms with Crippen LogP contribution in [0.3, 0.4) is 0 Å². The van der Waals surface area contributed by atoms with Gasteiger partial charge >= 0.3 is 5.97 Å². The van der Waals surface area contributed by atoms with Gasteiger partial charge in [-0.2, -0.15) is 0 Å². The van der Waals surface area contributed by atoms with Crippen LogP contribution in [-0.2, 0) is 22.4 Å². The van der Waals surface area contributed by atoms with Crippen molar-refractivity contribution in [2.24, 2.45) is 0 Å². The maximum Gasteiger partial charge on any atom is 0.303 e. The Hall–Kier alpha value is -1.84. The average Bonchev–Trinajstić information content (AvgIpc) is 2.46. The topological polar surface area (TPSA) is 66.4 Å². The number of carbonyl (C=O) groups excluding carboxylic acids is 1. The molecule has 0 aliphatic heterocycles. The molecule has 0 aromatic heterocycles. The van der Waals surface area contributed by atoms with Crippen molar-refractivity contribution in [3.05, 3.63) is 35.4 Å². The van der Waals surface area contributed by atoms with Crippen LogP contribution in [0.25, 0.3) is 0 Å². The second-order valence-electron chi connectivity index (χ2n) is 5.26. The van der Waals surface area contributed by atoms with E-state index in [1.165, 1.54) is 5.56 Å². The number of aliphatic carboxylic acids is 1. The summed E-state index contributed by atoms with van der Waals surface area (Å²) >= 11 is 0. The minimum absolute atomic E-state index is 0.0498. The van der Waals surface area contributed by atoms with Crippen molar-refractivity contribution >= 4 is 11.9 Å². The Balaban J connectivity index is 2.12. The van der Waals surface area contributed by atoms with E-state index in [1.807, 2.05) is 12.1 Å². The number of unbranched alkanes of at least 4 members (excludes halogenated alkanes) is 3. The first-order chi connectivity index (χ1) is 10.1. The quantitative estimate of drug-likeness (QED) is 0.651. The summed E-state index contributed by atoms with van der Waals surface area (Å²) in [4.78, 5) is 22.1. The van der Waals surface area contributed by atoms with Crippen molar-refractivity contribution in [1.82, 2.24) is 5.32 Å². The van der Waals surface area contributed by atoms with Gasteiger partial charge in [-0.05, 0) is 30.4 Å². The number of aryl methyl sites for hydroxylation is 1. The fourth-order valence-corrected chi connectivity index (χ4v) is 2.19. The zero-order chi connectivity index (χ0) is 15.5. The Labute approximate surface area is 126 Å². The van der Waals surface area contributed by atoms with Crippen LogP contribution in [-0.4, -0.2) is 23.5 Å². The molecule has 2 N–H and O–H groups in total. The summed E-state index contributed by atoms with van der Waals surface area (Å²) in [6.07, 6.45) is 5.12. The van der Waals surface area contributed by atoms with Gasteiger partial charge in [-0.25, -0.2) is 0 Å². The molecule has 0 radical (unpaired) electrons. The van der Waals surface area contributed by atoms with Gasteiger partial charge < -0.3 is 10.4 Å². The Morgan fingerprint density at radius 3 is 2.52 bits per heavy atom. The summed E-state index contributed by atoms with van der Waals surface area (Å²) in [5, 5.41) is 11.4. The smallest absolute Gasteiger partial charge is 0.303 e. The third-order valence-corrected chi connectivity index (χ3v) is 3.40. The van der Waals surface area contributed by atoms with Crippen LogP contribution in [0.2, 0.25) is 0 Å². The lowest BCUT2D eigenvalue weighted by Crippen LogP contribution is -2.26. The number of carboxylic acid groups (broad SMARTS) is 1. The van der Waals surface area contributed by atoms with Crippen molar-refractivity contribution in [2.75, 3.05) is 6.54 Å². The summed E-state index contributed by atoms with van der Waals surface area (Å²) in [7, 11) is 0. The highest BCUT2D eigenvalue weighted by Gasteiger charge is 2.03. The average molecular weight is 291 g/mol. The number of benzene rings is 1. The van der Waals surface area contributed by atoms with Gasteiger partial charge in [0.15, 0.2) is 0 Å². The number of nitrogens with one attached hydrogen (secondary N) is 1. The van der Waals surface area contributed by atoms with Crippen molar-refractivity contribution < 1.29 is 14.7 Å². The van der Waals surface area contributed by atoms with E-state index < -0.39 is 5.97 Å². The molecule has 116 valence electrons. The molecule has 0 fully saturated rings. The fourth-order valence-electron chi connectivity index (χ4n) is 2.19. The first-order valence-corrected chi connectivity index (χ1v) is 7.68. The van der Waals surface area contributed by atoms with Crippen molar-refractivity contribution in [2.45, 2.75) is 51.9 Å². The third-order valence-electron chi connectivity index (χ3n) is 3.40. The maximum absolute atomic E-state index is 11.8. The first kappa shape index (κ1) is 17.2. The minimum atomic E-state index is -0.738. The van der Waals surface area contributed by atoms with Gasteiger partial charge in [0.2, 0.25) is 5.91 Å². The Morgan fingerprint density at radius 2 is 1.81 bits per heavy atom. The van der Waals surface area contributed by atoms with Gasteiger partial charge in [0, 0.05) is 13.0 Å². The largest absolute Gasteiger partial charge is 0.481 e. The molecule has 0 bridgehead atoms. The summed E-state index contributed by atoms with van der Waals surface area (Å²) in [5.74, 6) is -0.689. The number of carboxylic acids is 1. The zero-order valence-electron chi connectivity index (χ0n) is 12.7. The Kier molecular flexibility index (Phi) is 8.17. The minimum Gasteiger partial charge on any atom is -0.481 e. The monoisotopic (exact) mass is 291 g/mol. The van der Waals surface area contributed by atoms with E-state index in [-0.39, 0.29) is 12.3 Å². The van der Waals surface area contributed by atoms with Gasteiger partial charge in [-0.3, -0.25) is 9.59 Å². The van der Waals surface area contributed by atoms with E-state index in [1.54, 1.807) is 0 Å². The number of amides is 1. The zero-order valence-corrected chi connectivity index (χ0v) is 12.7. The first-order valence-electron chi connectivity index (χ1n) is 7.68. The van der Waals surface area contributed by atoms with E-state index in [0.717, 1.165) is 31.2 Å². The molecule has 1 aromatic carbocycles. The highest BCUT2D eigenvalue weighted by Crippen LogP contribution is 2.07. The van der Waals surface area contributed by atoms with E-state index in [4.69, 9.17) is 5.11 Å². The molecule has 0 aliphatic carbocycles. The Bertz CT molecular complexity index is 457. The molecule has 0 heterocycles. The fraction of sp³-hybridized carbons (Fsp3) is 0.529. The highest BCUT2D eigenvalue weighted by molar-refractivity contribution is 5.78. The Morgan fingerprint density at radius 1 is 1.10 bits per heavy atom. The lowest BCUT2D eigenvalue weighted by Gasteiger charge is -2.06. The molecule has 1 rings (SSSR count). The second-order valence-corrected chi connectivity index (χ2v) is 5.26. The van der Waals surface area contributed by atoms with Gasteiger partial charge in [-0.15, -0.1) is 0 Å². The molecule has 1 amide bonds. The predicted molar refractivity (Wildman–Crippen MR) is 83.3 cm³/mol. The van der Waals surface area contributed by atoms with Crippen molar-refractivity contribution in [1.29, 1.82) is 0 Å². The molecule has 0 saturated heterocycles. The van der Waals surface area contributed by atoms with Gasteiger partial charge in [0.25, 0.3) is 0 Å². The van der Waals surface area contributed by atoms with Crippen LogP contribution in [0.5, 0.6) is 0 Å². The summed E-state index contributed by atoms with van der Waals surface area (Å²) in [6, 6.07) is 8.11. The van der Waals surface area contributed by atoms with Crippen molar-refractivity contribution in [3.8, 4) is 0 Å². The molecule has 4 heteroatoms. The molecule has 0 saturated carbocycles.